The number of esters is 1. The zero-order chi connectivity index (χ0) is 18.1. The van der Waals surface area contributed by atoms with Crippen molar-refractivity contribution in [3.63, 3.8) is 0 Å². The Hall–Kier alpha value is -2.15. The second kappa shape index (κ2) is 7.00. The molecule has 0 aliphatic heterocycles. The molecule has 0 bridgehead atoms. The summed E-state index contributed by atoms with van der Waals surface area (Å²) in [6, 6.07) is 1.73. The summed E-state index contributed by atoms with van der Waals surface area (Å²) in [6.45, 7) is 5.49. The van der Waals surface area contributed by atoms with Gasteiger partial charge in [0.2, 0.25) is 0 Å². The van der Waals surface area contributed by atoms with Crippen LogP contribution in [0.5, 0.6) is 0 Å². The molecule has 134 valence electrons. The minimum Gasteiger partial charge on any atom is -0.459 e. The smallest absolute Gasteiger partial charge is 0.341 e. The van der Waals surface area contributed by atoms with Crippen molar-refractivity contribution in [1.82, 2.24) is 9.78 Å². The molecule has 2 heterocycles. The molecule has 25 heavy (non-hydrogen) atoms. The Morgan fingerprint density at radius 2 is 2.04 bits per heavy atom. The first kappa shape index (κ1) is 17.7. The van der Waals surface area contributed by atoms with Gasteiger partial charge in [-0.3, -0.25) is 9.48 Å². The number of thiophene rings is 1. The number of aromatic nitrogens is 2. The second-order valence-corrected chi connectivity index (χ2v) is 7.72. The maximum atomic E-state index is 12.6. The fourth-order valence-corrected chi connectivity index (χ4v) is 4.41. The molecule has 0 spiro atoms. The van der Waals surface area contributed by atoms with Crippen molar-refractivity contribution in [3.05, 3.63) is 33.5 Å². The van der Waals surface area contributed by atoms with Crippen LogP contribution in [0.15, 0.2) is 6.07 Å². The number of carbonyl (C=O) groups is 2. The molecule has 0 radical (unpaired) electrons. The van der Waals surface area contributed by atoms with Gasteiger partial charge in [-0.2, -0.15) is 5.10 Å². The van der Waals surface area contributed by atoms with Crippen molar-refractivity contribution < 1.29 is 14.3 Å². The molecule has 1 aliphatic rings. The highest BCUT2D eigenvalue weighted by Crippen LogP contribution is 2.39. The molecular formula is C18H23N3O3S. The Labute approximate surface area is 151 Å². The highest BCUT2D eigenvalue weighted by molar-refractivity contribution is 7.17. The molecule has 0 saturated carbocycles. The van der Waals surface area contributed by atoms with Gasteiger partial charge in [0.15, 0.2) is 0 Å². The van der Waals surface area contributed by atoms with Crippen LogP contribution < -0.4 is 5.32 Å². The summed E-state index contributed by atoms with van der Waals surface area (Å²) in [7, 11) is 1.73. The van der Waals surface area contributed by atoms with Gasteiger partial charge >= 0.3 is 5.97 Å². The molecule has 0 aromatic carbocycles. The van der Waals surface area contributed by atoms with Gasteiger partial charge in [-0.25, -0.2) is 4.79 Å². The lowest BCUT2D eigenvalue weighted by atomic mass is 9.95. The fourth-order valence-electron chi connectivity index (χ4n) is 3.13. The SMILES string of the molecule is Cc1cc(C(=O)Nc2sc3c(c2C(=O)OC(C)C)CCCC3)n(C)n1. The average Bonchev–Trinajstić information content (AvgIpc) is 3.05. The van der Waals surface area contributed by atoms with Gasteiger partial charge in [0.25, 0.3) is 5.91 Å². The van der Waals surface area contributed by atoms with Gasteiger partial charge in [0, 0.05) is 11.9 Å². The average molecular weight is 361 g/mol. The lowest BCUT2D eigenvalue weighted by Crippen LogP contribution is -2.19. The summed E-state index contributed by atoms with van der Waals surface area (Å²) in [5.41, 5.74) is 2.81. The number of fused-ring (bicyclic) bond motifs is 1. The van der Waals surface area contributed by atoms with Crippen LogP contribution in [-0.2, 0) is 24.6 Å². The molecule has 1 amide bonds. The second-order valence-electron chi connectivity index (χ2n) is 6.62. The summed E-state index contributed by atoms with van der Waals surface area (Å²) in [4.78, 5) is 26.4. The summed E-state index contributed by atoms with van der Waals surface area (Å²) in [5.74, 6) is -0.619. The van der Waals surface area contributed by atoms with Gasteiger partial charge in [-0.15, -0.1) is 11.3 Å². The van der Waals surface area contributed by atoms with E-state index in [1.807, 2.05) is 20.8 Å². The van der Waals surface area contributed by atoms with Gasteiger partial charge in [-0.05, 0) is 58.1 Å². The predicted molar refractivity (Wildman–Crippen MR) is 97.4 cm³/mol. The number of hydrogen-bond acceptors (Lipinski definition) is 5. The van der Waals surface area contributed by atoms with E-state index in [0.29, 0.717) is 16.3 Å². The third-order valence-electron chi connectivity index (χ3n) is 4.18. The summed E-state index contributed by atoms with van der Waals surface area (Å²) in [5, 5.41) is 7.70. The topological polar surface area (TPSA) is 73.2 Å². The monoisotopic (exact) mass is 361 g/mol. The van der Waals surface area contributed by atoms with Gasteiger partial charge < -0.3 is 10.1 Å². The van der Waals surface area contributed by atoms with E-state index < -0.39 is 0 Å². The Morgan fingerprint density at radius 1 is 1.32 bits per heavy atom. The molecule has 0 atom stereocenters. The van der Waals surface area contributed by atoms with E-state index in [1.165, 1.54) is 16.2 Å². The Balaban J connectivity index is 1.95. The predicted octanol–water partition coefficient (Wildman–Crippen LogP) is 3.49. The summed E-state index contributed by atoms with van der Waals surface area (Å²) < 4.78 is 6.96. The molecule has 0 unspecified atom stereocenters. The molecule has 2 aromatic heterocycles. The van der Waals surface area contributed by atoms with Crippen LogP contribution in [0, 0.1) is 6.92 Å². The van der Waals surface area contributed by atoms with Gasteiger partial charge in [0.05, 0.1) is 17.4 Å². The number of anilines is 1. The third kappa shape index (κ3) is 3.61. The molecule has 7 heteroatoms. The molecule has 1 N–H and O–H groups in total. The first-order valence-electron chi connectivity index (χ1n) is 8.54. The fraction of sp³-hybridized carbons (Fsp3) is 0.500. The molecule has 2 aromatic rings. The first-order chi connectivity index (χ1) is 11.9. The van der Waals surface area contributed by atoms with Crippen molar-refractivity contribution >= 4 is 28.2 Å². The number of nitrogens with zero attached hydrogens (tertiary/aromatic N) is 2. The van der Waals surface area contributed by atoms with Crippen LogP contribution in [-0.4, -0.2) is 27.8 Å². The zero-order valence-electron chi connectivity index (χ0n) is 15.0. The van der Waals surface area contributed by atoms with Gasteiger partial charge in [0.1, 0.15) is 10.7 Å². The Kier molecular flexibility index (Phi) is 4.94. The molecule has 3 rings (SSSR count). The summed E-state index contributed by atoms with van der Waals surface area (Å²) in [6.07, 6.45) is 3.77. The number of carbonyl (C=O) groups excluding carboxylic acids is 2. The standard InChI is InChI=1S/C18H23N3O3S/c1-10(2)24-18(23)15-12-7-5-6-8-14(12)25-17(15)19-16(22)13-9-11(3)20-21(13)4/h9-10H,5-8H2,1-4H3,(H,19,22). The van der Waals surface area contributed by atoms with Crippen molar-refractivity contribution in [2.75, 3.05) is 5.32 Å². The molecule has 0 fully saturated rings. The lowest BCUT2D eigenvalue weighted by molar-refractivity contribution is 0.0378. The Bertz CT molecular complexity index is 820. The van der Waals surface area contributed by atoms with E-state index in [2.05, 4.69) is 10.4 Å². The normalized spacial score (nSPS) is 13.6. The van der Waals surface area contributed by atoms with E-state index in [4.69, 9.17) is 4.74 Å². The van der Waals surface area contributed by atoms with E-state index in [-0.39, 0.29) is 18.0 Å². The van der Waals surface area contributed by atoms with Crippen molar-refractivity contribution in [3.8, 4) is 0 Å². The molecular weight excluding hydrogens is 338 g/mol. The van der Waals surface area contributed by atoms with Crippen LogP contribution in [0.2, 0.25) is 0 Å². The quantitative estimate of drug-likeness (QED) is 0.846. The number of rotatable bonds is 4. The highest BCUT2D eigenvalue weighted by atomic mass is 32.1. The van der Waals surface area contributed by atoms with E-state index >= 15 is 0 Å². The minimum absolute atomic E-state index is 0.199. The van der Waals surface area contributed by atoms with E-state index in [1.54, 1.807) is 17.8 Å². The lowest BCUT2D eigenvalue weighted by Gasteiger charge is -2.14. The van der Waals surface area contributed by atoms with Crippen molar-refractivity contribution in [2.45, 2.75) is 52.6 Å². The largest absolute Gasteiger partial charge is 0.459 e. The maximum Gasteiger partial charge on any atom is 0.341 e. The number of ether oxygens (including phenoxy) is 1. The number of amides is 1. The third-order valence-corrected chi connectivity index (χ3v) is 5.39. The summed E-state index contributed by atoms with van der Waals surface area (Å²) >= 11 is 1.49. The van der Waals surface area contributed by atoms with Gasteiger partial charge in [-0.1, -0.05) is 0 Å². The number of hydrogen-bond donors (Lipinski definition) is 1. The first-order valence-corrected chi connectivity index (χ1v) is 9.36. The van der Waals surface area contributed by atoms with Crippen molar-refractivity contribution in [1.29, 1.82) is 0 Å². The van der Waals surface area contributed by atoms with Crippen LogP contribution in [0.4, 0.5) is 5.00 Å². The van der Waals surface area contributed by atoms with Crippen molar-refractivity contribution in [2.24, 2.45) is 7.05 Å². The highest BCUT2D eigenvalue weighted by Gasteiger charge is 2.28. The van der Waals surface area contributed by atoms with Crippen LogP contribution >= 0.6 is 11.3 Å². The van der Waals surface area contributed by atoms with E-state index in [0.717, 1.165) is 36.9 Å². The van der Waals surface area contributed by atoms with E-state index in [9.17, 15) is 9.59 Å². The Morgan fingerprint density at radius 3 is 2.68 bits per heavy atom. The number of nitrogens with one attached hydrogen (secondary N) is 1. The molecule has 6 nitrogen and oxygen atoms in total. The zero-order valence-corrected chi connectivity index (χ0v) is 15.8. The molecule has 0 saturated heterocycles. The van der Waals surface area contributed by atoms with Crippen LogP contribution in [0.1, 0.15) is 63.7 Å². The maximum absolute atomic E-state index is 12.6. The minimum atomic E-state index is -0.356. The van der Waals surface area contributed by atoms with Crippen LogP contribution in [0.25, 0.3) is 0 Å². The van der Waals surface area contributed by atoms with Crippen LogP contribution in [0.3, 0.4) is 0 Å². The number of aryl methyl sites for hydroxylation is 3. The molecule has 1 aliphatic carbocycles.